The van der Waals surface area contributed by atoms with Gasteiger partial charge < -0.3 is 14.2 Å². The molecule has 0 aliphatic carbocycles. The summed E-state index contributed by atoms with van der Waals surface area (Å²) in [6, 6.07) is 0. The summed E-state index contributed by atoms with van der Waals surface area (Å²) < 4.78 is 17.0. The molecule has 0 aliphatic heterocycles. The van der Waals surface area contributed by atoms with Gasteiger partial charge in [0.1, 0.15) is 13.2 Å². The minimum absolute atomic E-state index is 0.0603. The molecule has 1 atom stereocenters. The van der Waals surface area contributed by atoms with Crippen molar-refractivity contribution in [3.8, 4) is 0 Å². The number of rotatable bonds is 66. The molecule has 0 spiro atoms. The van der Waals surface area contributed by atoms with Gasteiger partial charge in [0.2, 0.25) is 0 Å². The molecule has 0 aromatic heterocycles. The second kappa shape index (κ2) is 65.9. The van der Waals surface area contributed by atoms with Crippen LogP contribution in [0.5, 0.6) is 0 Å². The Labute approximate surface area is 476 Å². The number of hydrogen-bond donors (Lipinski definition) is 0. The molecule has 0 amide bonds. The van der Waals surface area contributed by atoms with E-state index in [9.17, 15) is 14.4 Å². The highest BCUT2D eigenvalue weighted by atomic mass is 16.6. The van der Waals surface area contributed by atoms with Gasteiger partial charge in [-0.2, -0.15) is 0 Å². The van der Waals surface area contributed by atoms with Gasteiger partial charge in [-0.3, -0.25) is 14.4 Å². The molecule has 0 rings (SSSR count). The summed E-state index contributed by atoms with van der Waals surface area (Å²) in [5, 5.41) is 0. The Morgan fingerprint density at radius 2 is 0.355 bits per heavy atom. The van der Waals surface area contributed by atoms with Crippen LogP contribution in [0.3, 0.4) is 0 Å². The number of carbonyl (C=O) groups is 3. The summed E-state index contributed by atoms with van der Waals surface area (Å²) in [7, 11) is 0. The molecule has 452 valence electrons. The van der Waals surface area contributed by atoms with Crippen LogP contribution in [0.25, 0.3) is 0 Å². The van der Waals surface area contributed by atoms with Crippen LogP contribution in [-0.2, 0) is 28.6 Å². The number of ether oxygens (including phenoxy) is 3. The maximum Gasteiger partial charge on any atom is 0.306 e. The molecule has 0 saturated carbocycles. The van der Waals surface area contributed by atoms with Crippen LogP contribution >= 0.6 is 0 Å². The zero-order valence-electron chi connectivity index (χ0n) is 52.1. The van der Waals surface area contributed by atoms with Gasteiger partial charge in [0.25, 0.3) is 0 Å². The van der Waals surface area contributed by atoms with E-state index in [0.717, 1.165) is 57.8 Å². The Hall–Kier alpha value is -1.59. The number of carbonyl (C=O) groups excluding carboxylic acids is 3. The van der Waals surface area contributed by atoms with E-state index >= 15 is 0 Å². The topological polar surface area (TPSA) is 78.9 Å². The van der Waals surface area contributed by atoms with E-state index in [1.54, 1.807) is 0 Å². The lowest BCUT2D eigenvalue weighted by Crippen LogP contribution is -2.30. The van der Waals surface area contributed by atoms with E-state index in [0.29, 0.717) is 19.3 Å². The molecule has 0 saturated heterocycles. The number of unbranched alkanes of at least 4 members (excludes halogenated alkanes) is 55. The van der Waals surface area contributed by atoms with E-state index in [1.807, 2.05) is 0 Å². The van der Waals surface area contributed by atoms with Gasteiger partial charge in [-0.05, 0) is 19.3 Å². The highest BCUT2D eigenvalue weighted by molar-refractivity contribution is 5.71. The van der Waals surface area contributed by atoms with Gasteiger partial charge in [-0.15, -0.1) is 0 Å². The molecule has 6 heteroatoms. The summed E-state index contributed by atoms with van der Waals surface area (Å²) in [6.45, 7) is 6.74. The fraction of sp³-hybridized carbons (Fsp3) is 0.957. The van der Waals surface area contributed by atoms with E-state index in [1.165, 1.54) is 315 Å². The van der Waals surface area contributed by atoms with Crippen LogP contribution in [0, 0.1) is 0 Å². The summed E-state index contributed by atoms with van der Waals surface area (Å²) >= 11 is 0. The van der Waals surface area contributed by atoms with Crippen LogP contribution in [0.15, 0.2) is 0 Å². The maximum absolute atomic E-state index is 12.9. The molecule has 0 N–H and O–H groups in total. The van der Waals surface area contributed by atoms with Gasteiger partial charge in [-0.1, -0.05) is 374 Å². The van der Waals surface area contributed by atoms with Crippen molar-refractivity contribution in [1.82, 2.24) is 0 Å². The molecule has 0 aromatic rings. The molecule has 0 aromatic carbocycles. The quantitative estimate of drug-likeness (QED) is 0.0343. The lowest BCUT2D eigenvalue weighted by atomic mass is 10.0. The summed E-state index contributed by atoms with van der Waals surface area (Å²) in [4.78, 5) is 38.4. The normalized spacial score (nSPS) is 11.9. The van der Waals surface area contributed by atoms with Crippen LogP contribution < -0.4 is 0 Å². The third-order valence-corrected chi connectivity index (χ3v) is 16.4. The van der Waals surface area contributed by atoms with Crippen molar-refractivity contribution in [1.29, 1.82) is 0 Å². The minimum Gasteiger partial charge on any atom is -0.462 e. The highest BCUT2D eigenvalue weighted by Gasteiger charge is 2.19. The molecule has 1 unspecified atom stereocenters. The Bertz CT molecular complexity index is 1140. The Balaban J connectivity index is 4.17. The van der Waals surface area contributed by atoms with E-state index in [4.69, 9.17) is 14.2 Å². The number of hydrogen-bond acceptors (Lipinski definition) is 6. The molecule has 0 heterocycles. The smallest absolute Gasteiger partial charge is 0.306 e. The Morgan fingerprint density at radius 1 is 0.211 bits per heavy atom. The van der Waals surface area contributed by atoms with E-state index < -0.39 is 6.10 Å². The van der Waals surface area contributed by atoms with Crippen LogP contribution in [0.4, 0.5) is 0 Å². The Morgan fingerprint density at radius 3 is 0.526 bits per heavy atom. The van der Waals surface area contributed by atoms with Crippen molar-refractivity contribution in [2.75, 3.05) is 13.2 Å². The fourth-order valence-corrected chi connectivity index (χ4v) is 11.1. The van der Waals surface area contributed by atoms with Crippen molar-refractivity contribution in [2.45, 2.75) is 419 Å². The third kappa shape index (κ3) is 63.2. The van der Waals surface area contributed by atoms with Gasteiger partial charge in [-0.25, -0.2) is 0 Å². The molecular formula is C70H136O6. The summed E-state index contributed by atoms with van der Waals surface area (Å²) in [6.07, 6.45) is 77.1. The average Bonchev–Trinajstić information content (AvgIpc) is 3.42. The van der Waals surface area contributed by atoms with E-state index in [2.05, 4.69) is 20.8 Å². The molecule has 0 fully saturated rings. The molecule has 0 bridgehead atoms. The zero-order chi connectivity index (χ0) is 55.0. The van der Waals surface area contributed by atoms with Crippen LogP contribution in [0.2, 0.25) is 0 Å². The van der Waals surface area contributed by atoms with Crippen molar-refractivity contribution in [3.63, 3.8) is 0 Å². The highest BCUT2D eigenvalue weighted by Crippen LogP contribution is 2.19. The van der Waals surface area contributed by atoms with Gasteiger partial charge in [0.15, 0.2) is 6.10 Å². The van der Waals surface area contributed by atoms with Gasteiger partial charge in [0.05, 0.1) is 0 Å². The zero-order valence-corrected chi connectivity index (χ0v) is 52.1. The first-order valence-corrected chi connectivity index (χ1v) is 35.0. The van der Waals surface area contributed by atoms with Crippen molar-refractivity contribution in [2.24, 2.45) is 0 Å². The maximum atomic E-state index is 12.9. The molecule has 76 heavy (non-hydrogen) atoms. The Kier molecular flexibility index (Phi) is 64.5. The third-order valence-electron chi connectivity index (χ3n) is 16.4. The number of esters is 3. The summed E-state index contributed by atoms with van der Waals surface area (Å²) in [5.41, 5.74) is 0. The van der Waals surface area contributed by atoms with E-state index in [-0.39, 0.29) is 31.1 Å². The van der Waals surface area contributed by atoms with Crippen molar-refractivity contribution >= 4 is 17.9 Å². The first-order chi connectivity index (χ1) is 37.5. The second-order valence-electron chi connectivity index (χ2n) is 24.2. The first-order valence-electron chi connectivity index (χ1n) is 35.0. The summed E-state index contributed by atoms with van der Waals surface area (Å²) in [5.74, 6) is -0.821. The minimum atomic E-state index is -0.763. The van der Waals surface area contributed by atoms with Crippen molar-refractivity contribution in [3.05, 3.63) is 0 Å². The molecule has 6 nitrogen and oxygen atoms in total. The predicted octanol–water partition coefficient (Wildman–Crippen LogP) is 23.8. The SMILES string of the molecule is CCCCCCCCCCCCCCCCCCCCCCCCCCCCC(=O)OCC(COC(=O)CCCCCCCCCCCCCCC)OC(=O)CCCCCCCCCCCCCCCCCCCCC. The molecule has 0 aliphatic rings. The van der Waals surface area contributed by atoms with Crippen molar-refractivity contribution < 1.29 is 28.6 Å². The predicted molar refractivity (Wildman–Crippen MR) is 330 cm³/mol. The van der Waals surface area contributed by atoms with Gasteiger partial charge >= 0.3 is 17.9 Å². The standard InChI is InChI=1S/C70H136O6/c1-4-7-10-13-16-19-22-25-27-29-31-32-33-34-35-36-37-39-40-42-45-48-51-54-57-60-63-69(72)75-66-67(65-74-68(71)62-59-56-53-50-47-44-24-21-18-15-12-9-6-3)76-70(73)64-61-58-55-52-49-46-43-41-38-30-28-26-23-20-17-14-11-8-5-2/h67H,4-66H2,1-3H3. The van der Waals surface area contributed by atoms with Gasteiger partial charge in [0, 0.05) is 19.3 Å². The average molecular weight is 1070 g/mol. The lowest BCUT2D eigenvalue weighted by Gasteiger charge is -2.18. The monoisotopic (exact) mass is 1070 g/mol. The van der Waals surface area contributed by atoms with Crippen LogP contribution in [0.1, 0.15) is 412 Å². The van der Waals surface area contributed by atoms with Crippen LogP contribution in [-0.4, -0.2) is 37.2 Å². The largest absolute Gasteiger partial charge is 0.462 e. The first kappa shape index (κ1) is 74.4. The second-order valence-corrected chi connectivity index (χ2v) is 24.2. The fourth-order valence-electron chi connectivity index (χ4n) is 11.1. The molecular weight excluding hydrogens is 937 g/mol. The molecule has 0 radical (unpaired) electrons. The lowest BCUT2D eigenvalue weighted by molar-refractivity contribution is -0.167.